The average molecular weight is 447 g/mol. The van der Waals surface area contributed by atoms with Gasteiger partial charge < -0.3 is 15.0 Å². The Hall–Kier alpha value is -3.67. The first kappa shape index (κ1) is 22.5. The Bertz CT molecular complexity index is 1100. The van der Waals surface area contributed by atoms with Crippen LogP contribution in [0.2, 0.25) is 0 Å². The molecule has 170 valence electrons. The van der Waals surface area contributed by atoms with E-state index in [4.69, 9.17) is 4.74 Å². The van der Waals surface area contributed by atoms with Gasteiger partial charge in [-0.05, 0) is 53.9 Å². The molecular formula is C27H27FN2O3. The summed E-state index contributed by atoms with van der Waals surface area (Å²) in [5.41, 5.74) is 2.36. The molecule has 6 heteroatoms. The van der Waals surface area contributed by atoms with Crippen LogP contribution in [0.3, 0.4) is 0 Å². The Kier molecular flexibility index (Phi) is 7.03. The molecule has 2 unspecified atom stereocenters. The molecule has 2 amide bonds. The van der Waals surface area contributed by atoms with Crippen molar-refractivity contribution in [3.05, 3.63) is 101 Å². The molecule has 33 heavy (non-hydrogen) atoms. The molecule has 1 fully saturated rings. The standard InChI is InChI=1S/C27H27FN2O3/c1-33-25-12-10-21(11-13-25)27(32)30-17-22(20-7-3-2-4-8-20)15-23(18-30)26(31)29-16-19-6-5-9-24(28)14-19/h2-14,22-23H,15-18H2,1H3,(H,29,31). The molecule has 1 N–H and O–H groups in total. The van der Waals surface area contributed by atoms with Crippen molar-refractivity contribution in [2.75, 3.05) is 20.2 Å². The fraction of sp³-hybridized carbons (Fsp3) is 0.259. The Morgan fingerprint density at radius 2 is 1.76 bits per heavy atom. The number of methoxy groups -OCH3 is 1. The summed E-state index contributed by atoms with van der Waals surface area (Å²) < 4.78 is 18.7. The lowest BCUT2D eigenvalue weighted by molar-refractivity contribution is -0.126. The summed E-state index contributed by atoms with van der Waals surface area (Å²) in [6.45, 7) is 1.13. The van der Waals surface area contributed by atoms with Crippen molar-refractivity contribution in [3.8, 4) is 5.75 Å². The fourth-order valence-corrected chi connectivity index (χ4v) is 4.32. The van der Waals surface area contributed by atoms with Gasteiger partial charge in [-0.15, -0.1) is 0 Å². The third-order valence-electron chi connectivity index (χ3n) is 6.07. The largest absolute Gasteiger partial charge is 0.497 e. The Morgan fingerprint density at radius 3 is 2.45 bits per heavy atom. The molecule has 0 radical (unpaired) electrons. The number of amides is 2. The second kappa shape index (κ2) is 10.3. The zero-order valence-electron chi connectivity index (χ0n) is 18.5. The van der Waals surface area contributed by atoms with Crippen LogP contribution in [-0.4, -0.2) is 36.9 Å². The van der Waals surface area contributed by atoms with Crippen LogP contribution in [0.4, 0.5) is 4.39 Å². The van der Waals surface area contributed by atoms with E-state index >= 15 is 0 Å². The number of hydrogen-bond acceptors (Lipinski definition) is 3. The molecule has 0 aromatic heterocycles. The van der Waals surface area contributed by atoms with Crippen molar-refractivity contribution in [2.45, 2.75) is 18.9 Å². The van der Waals surface area contributed by atoms with E-state index in [9.17, 15) is 14.0 Å². The monoisotopic (exact) mass is 446 g/mol. The van der Waals surface area contributed by atoms with E-state index in [-0.39, 0.29) is 36.0 Å². The highest BCUT2D eigenvalue weighted by Gasteiger charge is 2.34. The number of halogens is 1. The highest BCUT2D eigenvalue weighted by atomic mass is 19.1. The minimum atomic E-state index is -0.361. The van der Waals surface area contributed by atoms with Crippen molar-refractivity contribution in [2.24, 2.45) is 5.92 Å². The molecule has 3 aromatic rings. The number of nitrogens with one attached hydrogen (secondary N) is 1. The zero-order valence-corrected chi connectivity index (χ0v) is 18.5. The van der Waals surface area contributed by atoms with Gasteiger partial charge in [-0.1, -0.05) is 42.5 Å². The number of ether oxygens (including phenoxy) is 1. The third-order valence-corrected chi connectivity index (χ3v) is 6.07. The lowest BCUT2D eigenvalue weighted by Gasteiger charge is -2.37. The molecule has 1 saturated heterocycles. The first-order chi connectivity index (χ1) is 16.0. The number of hydrogen-bond donors (Lipinski definition) is 1. The van der Waals surface area contributed by atoms with Crippen LogP contribution in [0.15, 0.2) is 78.9 Å². The van der Waals surface area contributed by atoms with Gasteiger partial charge in [-0.3, -0.25) is 9.59 Å². The quantitative estimate of drug-likeness (QED) is 0.611. The van der Waals surface area contributed by atoms with Crippen molar-refractivity contribution >= 4 is 11.8 Å². The number of benzene rings is 3. The molecule has 0 spiro atoms. The predicted octanol–water partition coefficient (Wildman–Crippen LogP) is 4.40. The molecule has 3 aromatic carbocycles. The smallest absolute Gasteiger partial charge is 0.253 e. The van der Waals surface area contributed by atoms with Crippen molar-refractivity contribution in [1.29, 1.82) is 0 Å². The second-order valence-corrected chi connectivity index (χ2v) is 8.33. The molecule has 1 heterocycles. The Morgan fingerprint density at radius 1 is 1.00 bits per heavy atom. The molecule has 4 rings (SSSR count). The average Bonchev–Trinajstić information content (AvgIpc) is 2.87. The Balaban J connectivity index is 1.51. The summed E-state index contributed by atoms with van der Waals surface area (Å²) in [5, 5.41) is 2.92. The van der Waals surface area contributed by atoms with E-state index in [2.05, 4.69) is 5.32 Å². The molecule has 1 aliphatic heterocycles. The predicted molar refractivity (Wildman–Crippen MR) is 124 cm³/mol. The van der Waals surface area contributed by atoms with Crippen LogP contribution >= 0.6 is 0 Å². The molecular weight excluding hydrogens is 419 g/mol. The van der Waals surface area contributed by atoms with Crippen LogP contribution in [0.5, 0.6) is 5.75 Å². The minimum Gasteiger partial charge on any atom is -0.497 e. The van der Waals surface area contributed by atoms with Crippen molar-refractivity contribution in [3.63, 3.8) is 0 Å². The summed E-state index contributed by atoms with van der Waals surface area (Å²) >= 11 is 0. The maximum atomic E-state index is 13.5. The molecule has 0 aliphatic carbocycles. The number of nitrogens with zero attached hydrogens (tertiary/aromatic N) is 1. The van der Waals surface area contributed by atoms with Crippen LogP contribution in [0.25, 0.3) is 0 Å². The lowest BCUT2D eigenvalue weighted by atomic mass is 9.83. The van der Waals surface area contributed by atoms with Crippen LogP contribution < -0.4 is 10.1 Å². The Labute approximate surface area is 193 Å². The van der Waals surface area contributed by atoms with Crippen LogP contribution in [0.1, 0.15) is 33.8 Å². The van der Waals surface area contributed by atoms with Crippen LogP contribution in [-0.2, 0) is 11.3 Å². The minimum absolute atomic E-state index is 0.0482. The second-order valence-electron chi connectivity index (χ2n) is 8.33. The van der Waals surface area contributed by atoms with E-state index in [1.165, 1.54) is 12.1 Å². The molecule has 5 nitrogen and oxygen atoms in total. The van der Waals surface area contributed by atoms with Gasteiger partial charge in [0.05, 0.1) is 13.0 Å². The SMILES string of the molecule is COc1ccc(C(=O)N2CC(C(=O)NCc3cccc(F)c3)CC(c3ccccc3)C2)cc1. The van der Waals surface area contributed by atoms with Gasteiger partial charge in [0.2, 0.25) is 5.91 Å². The van der Waals surface area contributed by atoms with E-state index in [1.54, 1.807) is 48.4 Å². The van der Waals surface area contributed by atoms with E-state index in [0.717, 1.165) is 5.56 Å². The third kappa shape index (κ3) is 5.58. The molecule has 1 aliphatic rings. The van der Waals surface area contributed by atoms with E-state index in [0.29, 0.717) is 36.4 Å². The van der Waals surface area contributed by atoms with Crippen molar-refractivity contribution < 1.29 is 18.7 Å². The topological polar surface area (TPSA) is 58.6 Å². The fourth-order valence-electron chi connectivity index (χ4n) is 4.32. The van der Waals surface area contributed by atoms with E-state index in [1.807, 2.05) is 30.3 Å². The normalized spacial score (nSPS) is 17.9. The number of carbonyl (C=O) groups is 2. The number of carbonyl (C=O) groups excluding carboxylic acids is 2. The number of likely N-dealkylation sites (tertiary alicyclic amines) is 1. The van der Waals surface area contributed by atoms with Crippen LogP contribution in [0, 0.1) is 11.7 Å². The van der Waals surface area contributed by atoms with Gasteiger partial charge in [-0.2, -0.15) is 0 Å². The highest BCUT2D eigenvalue weighted by molar-refractivity contribution is 5.95. The van der Waals surface area contributed by atoms with Crippen molar-refractivity contribution in [1.82, 2.24) is 10.2 Å². The van der Waals surface area contributed by atoms with Gasteiger partial charge >= 0.3 is 0 Å². The van der Waals surface area contributed by atoms with Gasteiger partial charge in [0.1, 0.15) is 11.6 Å². The zero-order chi connectivity index (χ0) is 23.2. The summed E-state index contributed by atoms with van der Waals surface area (Å²) in [5.74, 6) is -0.206. The van der Waals surface area contributed by atoms with Gasteiger partial charge in [0.25, 0.3) is 5.91 Å². The first-order valence-electron chi connectivity index (χ1n) is 11.0. The van der Waals surface area contributed by atoms with Gasteiger partial charge in [0.15, 0.2) is 0 Å². The summed E-state index contributed by atoms with van der Waals surface area (Å²) in [7, 11) is 1.58. The summed E-state index contributed by atoms with van der Waals surface area (Å²) in [6, 6.07) is 23.2. The maximum absolute atomic E-state index is 13.5. The molecule has 0 bridgehead atoms. The van der Waals surface area contributed by atoms with Gasteiger partial charge in [0, 0.05) is 31.1 Å². The first-order valence-corrected chi connectivity index (χ1v) is 11.0. The van der Waals surface area contributed by atoms with E-state index < -0.39 is 0 Å². The lowest BCUT2D eigenvalue weighted by Crippen LogP contribution is -2.48. The molecule has 2 atom stereocenters. The maximum Gasteiger partial charge on any atom is 0.253 e. The summed E-state index contributed by atoms with van der Waals surface area (Å²) in [4.78, 5) is 28.1. The number of piperidine rings is 1. The highest BCUT2D eigenvalue weighted by Crippen LogP contribution is 2.31. The number of rotatable bonds is 6. The van der Waals surface area contributed by atoms with Gasteiger partial charge in [-0.25, -0.2) is 4.39 Å². The summed E-state index contributed by atoms with van der Waals surface area (Å²) in [6.07, 6.45) is 0.644. The molecule has 0 saturated carbocycles.